The predicted octanol–water partition coefficient (Wildman–Crippen LogP) is 2.12. The lowest BCUT2D eigenvalue weighted by Gasteiger charge is -2.15. The minimum atomic E-state index is 0.517. The molecule has 1 aliphatic carbocycles. The van der Waals surface area contributed by atoms with Gasteiger partial charge < -0.3 is 5.32 Å². The van der Waals surface area contributed by atoms with Crippen molar-refractivity contribution in [1.29, 1.82) is 0 Å². The molecule has 0 atom stereocenters. The second-order valence-corrected chi connectivity index (χ2v) is 4.94. The van der Waals surface area contributed by atoms with Crippen molar-refractivity contribution >= 4 is 11.5 Å². The first-order chi connectivity index (χ1) is 8.33. The number of hydrogen-bond donors (Lipinski definition) is 1. The highest BCUT2D eigenvalue weighted by molar-refractivity contribution is 5.61. The molecular weight excluding hydrogens is 214 g/mol. The Morgan fingerprint density at radius 3 is 3.12 bits per heavy atom. The summed E-state index contributed by atoms with van der Waals surface area (Å²) in [4.78, 5) is 4.34. The first-order valence-corrected chi connectivity index (χ1v) is 6.21. The molecule has 17 heavy (non-hydrogen) atoms. The smallest absolute Gasteiger partial charge is 0.203 e. The van der Waals surface area contributed by atoms with Gasteiger partial charge in [-0.3, -0.25) is 4.40 Å². The largest absolute Gasteiger partial charge is 0.366 e. The molecule has 0 amide bonds. The molecule has 3 rings (SSSR count). The van der Waals surface area contributed by atoms with Crippen LogP contribution in [0.15, 0.2) is 18.7 Å². The lowest BCUT2D eigenvalue weighted by atomic mass is 10.0. The molecule has 5 nitrogen and oxygen atoms in total. The Bertz CT molecular complexity index is 514. The molecule has 1 N–H and O–H groups in total. The fourth-order valence-corrected chi connectivity index (χ4v) is 2.38. The molecule has 0 radical (unpaired) electrons. The van der Waals surface area contributed by atoms with Gasteiger partial charge in [0.25, 0.3) is 0 Å². The van der Waals surface area contributed by atoms with Gasteiger partial charge in [-0.2, -0.15) is 0 Å². The van der Waals surface area contributed by atoms with Crippen LogP contribution in [-0.4, -0.2) is 26.1 Å². The SMILES string of the molecule is CCCC1(CNc2nccn3cnnc23)CC1. The standard InChI is InChI=1S/C12H17N5/c1-2-3-12(4-5-12)8-14-10-11-16-15-9-17(11)7-6-13-10/h6-7,9H,2-5,8H2,1H3,(H,13,14). The van der Waals surface area contributed by atoms with Gasteiger partial charge in [0, 0.05) is 18.9 Å². The van der Waals surface area contributed by atoms with Crippen LogP contribution in [0.2, 0.25) is 0 Å². The molecule has 0 aromatic carbocycles. The molecule has 0 spiro atoms. The second-order valence-electron chi connectivity index (χ2n) is 4.94. The van der Waals surface area contributed by atoms with E-state index in [9.17, 15) is 0 Å². The third-order valence-electron chi connectivity index (χ3n) is 3.58. The molecule has 1 saturated carbocycles. The molecular formula is C12H17N5. The van der Waals surface area contributed by atoms with E-state index >= 15 is 0 Å². The normalized spacial score (nSPS) is 17.2. The van der Waals surface area contributed by atoms with Crippen LogP contribution in [0.5, 0.6) is 0 Å². The van der Waals surface area contributed by atoms with Crippen molar-refractivity contribution in [3.05, 3.63) is 18.7 Å². The van der Waals surface area contributed by atoms with E-state index in [0.29, 0.717) is 5.41 Å². The van der Waals surface area contributed by atoms with Gasteiger partial charge in [0.15, 0.2) is 5.82 Å². The predicted molar refractivity (Wildman–Crippen MR) is 65.8 cm³/mol. The van der Waals surface area contributed by atoms with Gasteiger partial charge in [0.05, 0.1) is 0 Å². The van der Waals surface area contributed by atoms with E-state index in [4.69, 9.17) is 0 Å². The number of nitrogens with one attached hydrogen (secondary N) is 1. The van der Waals surface area contributed by atoms with Crippen LogP contribution in [-0.2, 0) is 0 Å². The molecule has 2 heterocycles. The van der Waals surface area contributed by atoms with E-state index in [2.05, 4.69) is 27.4 Å². The maximum Gasteiger partial charge on any atom is 0.203 e. The summed E-state index contributed by atoms with van der Waals surface area (Å²) in [7, 11) is 0. The van der Waals surface area contributed by atoms with E-state index in [0.717, 1.165) is 18.0 Å². The molecule has 2 aromatic heterocycles. The van der Waals surface area contributed by atoms with Crippen molar-refractivity contribution in [1.82, 2.24) is 19.6 Å². The first-order valence-electron chi connectivity index (χ1n) is 6.21. The summed E-state index contributed by atoms with van der Waals surface area (Å²) in [6.07, 6.45) is 10.6. The Hall–Kier alpha value is -1.65. The van der Waals surface area contributed by atoms with E-state index in [1.165, 1.54) is 25.7 Å². The Morgan fingerprint density at radius 1 is 1.47 bits per heavy atom. The zero-order valence-electron chi connectivity index (χ0n) is 10.1. The summed E-state index contributed by atoms with van der Waals surface area (Å²) in [5.41, 5.74) is 1.32. The van der Waals surface area contributed by atoms with Gasteiger partial charge in [0.2, 0.25) is 5.65 Å². The number of fused-ring (bicyclic) bond motifs is 1. The highest BCUT2D eigenvalue weighted by atomic mass is 15.2. The second kappa shape index (κ2) is 3.98. The average Bonchev–Trinajstić information content (AvgIpc) is 2.92. The van der Waals surface area contributed by atoms with Crippen molar-refractivity contribution < 1.29 is 0 Å². The summed E-state index contributed by atoms with van der Waals surface area (Å²) in [5, 5.41) is 11.4. The monoisotopic (exact) mass is 231 g/mol. The molecule has 0 saturated heterocycles. The van der Waals surface area contributed by atoms with E-state index in [-0.39, 0.29) is 0 Å². The van der Waals surface area contributed by atoms with Crippen molar-refractivity contribution in [2.45, 2.75) is 32.6 Å². The number of anilines is 1. The number of hydrogen-bond acceptors (Lipinski definition) is 4. The van der Waals surface area contributed by atoms with Crippen LogP contribution >= 0.6 is 0 Å². The van der Waals surface area contributed by atoms with E-state index in [1.54, 1.807) is 12.5 Å². The Balaban J connectivity index is 1.75. The van der Waals surface area contributed by atoms with Crippen LogP contribution in [0.1, 0.15) is 32.6 Å². The van der Waals surface area contributed by atoms with Crippen molar-refractivity contribution in [2.75, 3.05) is 11.9 Å². The zero-order valence-corrected chi connectivity index (χ0v) is 10.1. The van der Waals surface area contributed by atoms with Crippen molar-refractivity contribution in [2.24, 2.45) is 5.41 Å². The first kappa shape index (κ1) is 10.5. The average molecular weight is 231 g/mol. The lowest BCUT2D eigenvalue weighted by Crippen LogP contribution is -2.16. The molecule has 5 heteroatoms. The molecule has 0 bridgehead atoms. The summed E-state index contributed by atoms with van der Waals surface area (Å²) in [6, 6.07) is 0. The van der Waals surface area contributed by atoms with Crippen molar-refractivity contribution in [3.8, 4) is 0 Å². The third-order valence-corrected chi connectivity index (χ3v) is 3.58. The van der Waals surface area contributed by atoms with Gasteiger partial charge in [-0.1, -0.05) is 13.3 Å². The molecule has 2 aromatic rings. The third kappa shape index (κ3) is 1.97. The van der Waals surface area contributed by atoms with Crippen molar-refractivity contribution in [3.63, 3.8) is 0 Å². The van der Waals surface area contributed by atoms with Crippen LogP contribution in [0.3, 0.4) is 0 Å². The topological polar surface area (TPSA) is 55.1 Å². The summed E-state index contributed by atoms with van der Waals surface area (Å²) in [6.45, 7) is 3.25. The lowest BCUT2D eigenvalue weighted by molar-refractivity contribution is 0.485. The van der Waals surface area contributed by atoms with Crippen LogP contribution < -0.4 is 5.32 Å². The highest BCUT2D eigenvalue weighted by Gasteiger charge is 2.41. The Morgan fingerprint density at radius 2 is 2.35 bits per heavy atom. The van der Waals surface area contributed by atoms with Gasteiger partial charge in [-0.05, 0) is 24.7 Å². The maximum absolute atomic E-state index is 4.34. The zero-order chi connectivity index (χ0) is 11.7. The molecule has 0 aliphatic heterocycles. The summed E-state index contributed by atoms with van der Waals surface area (Å²) >= 11 is 0. The fourth-order valence-electron chi connectivity index (χ4n) is 2.38. The minimum Gasteiger partial charge on any atom is -0.366 e. The quantitative estimate of drug-likeness (QED) is 0.856. The van der Waals surface area contributed by atoms with Gasteiger partial charge >= 0.3 is 0 Å². The van der Waals surface area contributed by atoms with E-state index < -0.39 is 0 Å². The van der Waals surface area contributed by atoms with Gasteiger partial charge in [0.1, 0.15) is 6.33 Å². The highest BCUT2D eigenvalue weighted by Crippen LogP contribution is 2.49. The number of rotatable bonds is 5. The molecule has 1 fully saturated rings. The minimum absolute atomic E-state index is 0.517. The molecule has 1 aliphatic rings. The maximum atomic E-state index is 4.34. The summed E-state index contributed by atoms with van der Waals surface area (Å²) in [5.74, 6) is 0.840. The van der Waals surface area contributed by atoms with E-state index in [1.807, 2.05) is 10.6 Å². The summed E-state index contributed by atoms with van der Waals surface area (Å²) < 4.78 is 1.88. The molecule has 0 unspecified atom stereocenters. The Kier molecular flexibility index (Phi) is 2.46. The number of nitrogens with zero attached hydrogens (tertiary/aromatic N) is 4. The van der Waals surface area contributed by atoms with Crippen LogP contribution in [0.25, 0.3) is 5.65 Å². The number of aromatic nitrogens is 4. The van der Waals surface area contributed by atoms with Gasteiger partial charge in [-0.25, -0.2) is 4.98 Å². The Labute approximate surface area is 100 Å². The van der Waals surface area contributed by atoms with Crippen LogP contribution in [0.4, 0.5) is 5.82 Å². The molecule has 90 valence electrons. The van der Waals surface area contributed by atoms with Crippen LogP contribution in [0, 0.1) is 5.41 Å². The van der Waals surface area contributed by atoms with Gasteiger partial charge in [-0.15, -0.1) is 10.2 Å². The fraction of sp³-hybridized carbons (Fsp3) is 0.583.